The number of urea groups is 1. The van der Waals surface area contributed by atoms with Crippen molar-refractivity contribution in [1.29, 1.82) is 0 Å². The molecule has 3 aliphatic heterocycles. The van der Waals surface area contributed by atoms with E-state index in [1.54, 1.807) is 0 Å². The summed E-state index contributed by atoms with van der Waals surface area (Å²) in [7, 11) is 0. The normalized spacial score (nSPS) is 24.1. The molecule has 3 heterocycles. The summed E-state index contributed by atoms with van der Waals surface area (Å²) in [6.45, 7) is 2.67. The first kappa shape index (κ1) is 15.5. The molecule has 7 heteroatoms. The Bertz CT molecular complexity index is 615. The second-order valence-electron chi connectivity index (χ2n) is 6.34. The molecule has 1 aromatic carbocycles. The minimum absolute atomic E-state index is 0.0301. The Morgan fingerprint density at radius 2 is 2.08 bits per heavy atom. The van der Waals surface area contributed by atoms with Crippen LogP contribution in [-0.4, -0.2) is 44.3 Å². The Labute approximate surface area is 140 Å². The van der Waals surface area contributed by atoms with E-state index < -0.39 is 0 Å². The molecule has 0 radical (unpaired) electrons. The van der Waals surface area contributed by atoms with Gasteiger partial charge in [-0.1, -0.05) is 12.1 Å². The quantitative estimate of drug-likeness (QED) is 0.877. The molecule has 3 aliphatic rings. The van der Waals surface area contributed by atoms with Crippen LogP contribution in [0.5, 0.6) is 11.5 Å². The number of hydrogen-bond acceptors (Lipinski definition) is 5. The van der Waals surface area contributed by atoms with Crippen LogP contribution in [-0.2, 0) is 16.0 Å². The molecule has 1 atom stereocenters. The van der Waals surface area contributed by atoms with Crippen molar-refractivity contribution in [3.8, 4) is 11.5 Å². The number of para-hydroxylation sites is 1. The highest BCUT2D eigenvalue weighted by molar-refractivity contribution is 5.74. The van der Waals surface area contributed by atoms with Crippen LogP contribution in [0.25, 0.3) is 0 Å². The lowest BCUT2D eigenvalue weighted by Gasteiger charge is -2.37. The van der Waals surface area contributed by atoms with Crippen LogP contribution in [0.4, 0.5) is 4.79 Å². The fraction of sp³-hybridized carbons (Fsp3) is 0.588. The van der Waals surface area contributed by atoms with Gasteiger partial charge in [-0.3, -0.25) is 0 Å². The molecule has 4 rings (SSSR count). The van der Waals surface area contributed by atoms with E-state index in [2.05, 4.69) is 10.6 Å². The van der Waals surface area contributed by atoms with Gasteiger partial charge in [-0.2, -0.15) is 0 Å². The van der Waals surface area contributed by atoms with E-state index in [0.717, 1.165) is 30.6 Å². The molecule has 130 valence electrons. The van der Waals surface area contributed by atoms with Crippen molar-refractivity contribution in [2.75, 3.05) is 26.6 Å². The third-order valence-electron chi connectivity index (χ3n) is 4.99. The number of carbonyl (C=O) groups is 1. The minimum Gasteiger partial charge on any atom is -0.454 e. The smallest absolute Gasteiger partial charge is 0.315 e. The van der Waals surface area contributed by atoms with Gasteiger partial charge in [-0.15, -0.1) is 0 Å². The second kappa shape index (κ2) is 6.49. The lowest BCUT2D eigenvalue weighted by molar-refractivity contribution is -0.0869. The molecule has 1 spiro atoms. The van der Waals surface area contributed by atoms with Crippen molar-refractivity contribution in [2.45, 2.75) is 37.5 Å². The molecular weight excluding hydrogens is 312 g/mol. The summed E-state index contributed by atoms with van der Waals surface area (Å²) in [5.41, 5.74) is 0.643. The van der Waals surface area contributed by atoms with Crippen LogP contribution in [0.3, 0.4) is 0 Å². The van der Waals surface area contributed by atoms with E-state index in [4.69, 9.17) is 18.9 Å². The summed E-state index contributed by atoms with van der Waals surface area (Å²) in [6, 6.07) is 5.52. The van der Waals surface area contributed by atoms with Gasteiger partial charge in [-0.05, 0) is 12.5 Å². The van der Waals surface area contributed by atoms with Gasteiger partial charge in [0, 0.05) is 44.8 Å². The molecule has 7 nitrogen and oxygen atoms in total. The van der Waals surface area contributed by atoms with Crippen LogP contribution >= 0.6 is 0 Å². The van der Waals surface area contributed by atoms with Gasteiger partial charge in [0.05, 0.1) is 11.6 Å². The van der Waals surface area contributed by atoms with Crippen LogP contribution in [0, 0.1) is 0 Å². The SMILES string of the molecule is O=C(NCc1cccc2c1OCO2)NC1CCOC12CCOCC2. The third-order valence-corrected chi connectivity index (χ3v) is 4.99. The summed E-state index contributed by atoms with van der Waals surface area (Å²) in [5.74, 6) is 1.43. The number of carbonyl (C=O) groups excluding carboxylic acids is 1. The van der Waals surface area contributed by atoms with Gasteiger partial charge in [0.2, 0.25) is 6.79 Å². The van der Waals surface area contributed by atoms with Crippen molar-refractivity contribution in [1.82, 2.24) is 10.6 Å². The van der Waals surface area contributed by atoms with Crippen molar-refractivity contribution < 1.29 is 23.7 Å². The van der Waals surface area contributed by atoms with E-state index in [0.29, 0.717) is 32.1 Å². The van der Waals surface area contributed by atoms with Gasteiger partial charge >= 0.3 is 6.03 Å². The van der Waals surface area contributed by atoms with Crippen LogP contribution < -0.4 is 20.1 Å². The number of fused-ring (bicyclic) bond motifs is 1. The molecule has 2 saturated heterocycles. The monoisotopic (exact) mass is 334 g/mol. The average Bonchev–Trinajstić information content (AvgIpc) is 3.22. The van der Waals surface area contributed by atoms with Crippen LogP contribution in [0.2, 0.25) is 0 Å². The van der Waals surface area contributed by atoms with Gasteiger partial charge in [-0.25, -0.2) is 4.79 Å². The molecule has 2 fully saturated rings. The largest absolute Gasteiger partial charge is 0.454 e. The Hall–Kier alpha value is -1.99. The molecule has 2 N–H and O–H groups in total. The maximum absolute atomic E-state index is 12.3. The van der Waals surface area contributed by atoms with Crippen molar-refractivity contribution >= 4 is 6.03 Å². The van der Waals surface area contributed by atoms with Crippen molar-refractivity contribution in [2.24, 2.45) is 0 Å². The summed E-state index contributed by atoms with van der Waals surface area (Å²) in [5, 5.41) is 5.98. The van der Waals surface area contributed by atoms with E-state index in [9.17, 15) is 4.79 Å². The topological polar surface area (TPSA) is 78.1 Å². The number of nitrogens with one attached hydrogen (secondary N) is 2. The maximum atomic E-state index is 12.3. The number of ether oxygens (including phenoxy) is 4. The van der Waals surface area contributed by atoms with E-state index in [-0.39, 0.29) is 24.5 Å². The Morgan fingerprint density at radius 1 is 1.21 bits per heavy atom. The lowest BCUT2D eigenvalue weighted by atomic mass is 9.86. The first-order chi connectivity index (χ1) is 11.8. The molecular formula is C17H22N2O5. The van der Waals surface area contributed by atoms with Gasteiger partial charge in [0.1, 0.15) is 0 Å². The fourth-order valence-electron chi connectivity index (χ4n) is 3.67. The predicted octanol–water partition coefficient (Wildman–Crippen LogP) is 1.55. The third kappa shape index (κ3) is 2.89. The van der Waals surface area contributed by atoms with Gasteiger partial charge < -0.3 is 29.6 Å². The molecule has 0 bridgehead atoms. The highest BCUT2D eigenvalue weighted by Crippen LogP contribution is 2.36. The molecule has 1 unspecified atom stereocenters. The van der Waals surface area contributed by atoms with E-state index >= 15 is 0 Å². The summed E-state index contributed by atoms with van der Waals surface area (Å²) in [6.07, 6.45) is 2.50. The molecule has 1 aromatic rings. The zero-order chi connectivity index (χ0) is 16.4. The van der Waals surface area contributed by atoms with Gasteiger partial charge in [0.15, 0.2) is 11.5 Å². The van der Waals surface area contributed by atoms with Crippen LogP contribution in [0.1, 0.15) is 24.8 Å². The Morgan fingerprint density at radius 3 is 2.96 bits per heavy atom. The fourth-order valence-corrected chi connectivity index (χ4v) is 3.67. The highest BCUT2D eigenvalue weighted by atomic mass is 16.7. The predicted molar refractivity (Wildman–Crippen MR) is 85.1 cm³/mol. The average molecular weight is 334 g/mol. The molecule has 2 amide bonds. The van der Waals surface area contributed by atoms with Crippen molar-refractivity contribution in [3.05, 3.63) is 23.8 Å². The lowest BCUT2D eigenvalue weighted by Crippen LogP contribution is -2.54. The molecule has 0 aliphatic carbocycles. The zero-order valence-corrected chi connectivity index (χ0v) is 13.5. The second-order valence-corrected chi connectivity index (χ2v) is 6.34. The van der Waals surface area contributed by atoms with Crippen molar-refractivity contribution in [3.63, 3.8) is 0 Å². The Kier molecular flexibility index (Phi) is 4.20. The van der Waals surface area contributed by atoms with Crippen LogP contribution in [0.15, 0.2) is 18.2 Å². The minimum atomic E-state index is -0.263. The van der Waals surface area contributed by atoms with E-state index in [1.807, 2.05) is 18.2 Å². The van der Waals surface area contributed by atoms with E-state index in [1.165, 1.54) is 0 Å². The number of benzene rings is 1. The summed E-state index contributed by atoms with van der Waals surface area (Å²) < 4.78 is 22.2. The number of hydrogen-bond donors (Lipinski definition) is 2. The summed E-state index contributed by atoms with van der Waals surface area (Å²) in [4.78, 5) is 12.3. The molecule has 24 heavy (non-hydrogen) atoms. The van der Waals surface area contributed by atoms with Gasteiger partial charge in [0.25, 0.3) is 0 Å². The molecule has 0 saturated carbocycles. The maximum Gasteiger partial charge on any atom is 0.315 e. The standard InChI is InChI=1S/C17H22N2O5/c20-16(18-10-12-2-1-3-13-15(12)23-11-22-13)19-14-4-7-24-17(14)5-8-21-9-6-17/h1-3,14H,4-11H2,(H2,18,19,20). The number of amides is 2. The zero-order valence-electron chi connectivity index (χ0n) is 13.5. The summed E-state index contributed by atoms with van der Waals surface area (Å²) >= 11 is 0. The number of rotatable bonds is 3. The highest BCUT2D eigenvalue weighted by Gasteiger charge is 2.46. The molecule has 0 aromatic heterocycles. The first-order valence-corrected chi connectivity index (χ1v) is 8.40. The Balaban J connectivity index is 1.35. The first-order valence-electron chi connectivity index (χ1n) is 8.40.